The maximum Gasteiger partial charge on any atom is 0.227 e. The number of aromatic nitrogens is 12. The van der Waals surface area contributed by atoms with Crippen LogP contribution >= 0.6 is 79.6 Å². The van der Waals surface area contributed by atoms with Gasteiger partial charge in [-0.05, 0) is 148 Å². The average molecular weight is 1610 g/mol. The van der Waals surface area contributed by atoms with Crippen LogP contribution in [0.1, 0.15) is 55.3 Å². The molecular weight excluding hydrogens is 1540 g/mol. The minimum absolute atomic E-state index is 0.0550. The molecule has 32 heteroatoms. The molecule has 0 aromatic carbocycles. The van der Waals surface area contributed by atoms with Gasteiger partial charge in [0.1, 0.15) is 0 Å². The Hall–Kier alpha value is -9.50. The van der Waals surface area contributed by atoms with Crippen molar-refractivity contribution < 1.29 is 47.6 Å². The zero-order valence-electron chi connectivity index (χ0n) is 52.7. The third kappa shape index (κ3) is 24.8. The Morgan fingerprint density at radius 2 is 0.723 bits per heavy atom. The largest absolute Gasteiger partial charge is 0.481 e. The Morgan fingerprint density at radius 3 is 1.11 bits per heavy atom. The van der Waals surface area contributed by atoms with Crippen LogP contribution in [0.2, 0.25) is 0 Å². The second-order valence-corrected chi connectivity index (χ2v) is 23.2. The van der Waals surface area contributed by atoms with E-state index in [0.29, 0.717) is 85.7 Å². The number of ketones is 4. The molecule has 0 radical (unpaired) electrons. The second-order valence-electron chi connectivity index (χ2n) is 18.6. The average Bonchev–Trinajstić information content (AvgIpc) is 0.909. The number of halogens is 5. The van der Waals surface area contributed by atoms with E-state index in [0.717, 1.165) is 27.9 Å². The third-order valence-corrected chi connectivity index (χ3v) is 13.6. The number of hydrogen-bond donors (Lipinski definition) is 3. The summed E-state index contributed by atoms with van der Waals surface area (Å²) in [7, 11) is 16.5. The Morgan fingerprint density at radius 1 is 0.394 bits per heavy atom. The number of hydrogen-bond acceptors (Lipinski definition) is 27. The summed E-state index contributed by atoms with van der Waals surface area (Å²) in [5, 5.41) is 0. The van der Waals surface area contributed by atoms with Crippen molar-refractivity contribution in [3.63, 3.8) is 0 Å². The van der Waals surface area contributed by atoms with Crippen LogP contribution in [0.15, 0.2) is 157 Å². The number of ether oxygens (including phenoxy) is 6. The molecule has 0 aliphatic carbocycles. The number of Topliss-reactive ketones (excluding diaryl/α,β-unsaturated/α-hetero) is 2. The van der Waals surface area contributed by atoms with Gasteiger partial charge >= 0.3 is 0 Å². The summed E-state index contributed by atoms with van der Waals surface area (Å²) in [5.74, 6) is 2.64. The summed E-state index contributed by atoms with van der Waals surface area (Å²) in [6.45, 7) is 2.95. The molecule has 94 heavy (non-hydrogen) atoms. The summed E-state index contributed by atoms with van der Waals surface area (Å²) in [6, 6.07) is 15.6. The lowest BCUT2D eigenvalue weighted by atomic mass is 10.1. The lowest BCUT2D eigenvalue weighted by Crippen LogP contribution is -2.05. The molecule has 27 nitrogen and oxygen atoms in total. The minimum atomic E-state index is -0.160. The summed E-state index contributed by atoms with van der Waals surface area (Å²) >= 11 is 16.4. The van der Waals surface area contributed by atoms with Crippen LogP contribution in [0.5, 0.6) is 35.3 Å². The van der Waals surface area contributed by atoms with Crippen LogP contribution in [0.3, 0.4) is 0 Å². The quantitative estimate of drug-likeness (QED) is 0.0563. The van der Waals surface area contributed by atoms with Crippen molar-refractivity contribution in [3.8, 4) is 69.1 Å². The molecule has 9 rings (SSSR count). The van der Waals surface area contributed by atoms with Gasteiger partial charge in [-0.1, -0.05) is 0 Å². The molecule has 0 spiro atoms. The van der Waals surface area contributed by atoms with E-state index in [-0.39, 0.29) is 41.0 Å². The first-order valence-corrected chi connectivity index (χ1v) is 30.8. The van der Waals surface area contributed by atoms with Gasteiger partial charge < -0.3 is 55.4 Å². The van der Waals surface area contributed by atoms with E-state index < -0.39 is 0 Å². The highest BCUT2D eigenvalue weighted by molar-refractivity contribution is 9.11. The van der Waals surface area contributed by atoms with Crippen LogP contribution in [-0.2, 0) is 0 Å². The molecule has 0 fully saturated rings. The zero-order valence-corrected chi connectivity index (χ0v) is 60.6. The fourth-order valence-corrected chi connectivity index (χ4v) is 9.19. The summed E-state index contributed by atoms with van der Waals surface area (Å²) in [5.41, 5.74) is 22.3. The van der Waals surface area contributed by atoms with Gasteiger partial charge in [0.05, 0.1) is 92.0 Å². The third-order valence-electron chi connectivity index (χ3n) is 11.3. The molecule has 0 unspecified atom stereocenters. The standard InChI is InChI=1S/C15H17N5O2.C12H12N4O2.C11H13BrN2O2.C10H9BrN4O.C8H8BrNO2.C6H5Br2NO/c1-20(2)7-5-13(21)10-8-11(14(22-3)18-9-10)12-4-6-17-15(16)19-12;1-7(17)8-5-9(11(18-2)15-6-8)10-3-4-14-12(13)16-10;1-14(2)5-4-10(15)9-6-8(12)7-13-11(9)16-3;1-16-9-7(4-6(11)5-14-9)8-2-3-13-10(12)15-8;1-5(11)7-3-6(9)4-10-8(7)12-2;1-10-6-5(8)2-4(7)3-9-6/h4-9H,1-3H3,(H2,16,17,19);3-6H,1-2H3,(H2,13,14,16);4-7H,1-3H3;2-5H,1H3,(H2,12,13,15);3-4H,1-2H3;2-3H,1H3/b7-5+;;5-4+;;;. The number of nitrogens with zero attached hydrogens (tertiary/aromatic N) is 14. The molecule has 0 atom stereocenters. The summed E-state index contributed by atoms with van der Waals surface area (Å²) < 4.78 is 34.5. The van der Waals surface area contributed by atoms with Crippen molar-refractivity contribution in [3.05, 3.63) is 180 Å². The second kappa shape index (κ2) is 39.1. The molecule has 0 aliphatic heterocycles. The Kier molecular flexibility index (Phi) is 32.0. The van der Waals surface area contributed by atoms with E-state index in [1.165, 1.54) is 79.2 Å². The molecule has 0 saturated carbocycles. The molecular formula is C62H64Br5N17O10. The van der Waals surface area contributed by atoms with Gasteiger partial charge in [0.2, 0.25) is 53.1 Å². The van der Waals surface area contributed by atoms with E-state index >= 15 is 0 Å². The molecule has 0 amide bonds. The van der Waals surface area contributed by atoms with Gasteiger partial charge in [-0.25, -0.2) is 59.8 Å². The van der Waals surface area contributed by atoms with Crippen LogP contribution in [0.4, 0.5) is 17.8 Å². The van der Waals surface area contributed by atoms with E-state index in [1.54, 1.807) is 110 Å². The van der Waals surface area contributed by atoms with Crippen molar-refractivity contribution in [1.29, 1.82) is 0 Å². The molecule has 0 aliphatic rings. The maximum atomic E-state index is 12.1. The number of nitrogen functional groups attached to an aromatic ring is 3. The predicted octanol–water partition coefficient (Wildman–Crippen LogP) is 11.4. The van der Waals surface area contributed by atoms with E-state index in [4.69, 9.17) is 45.6 Å². The number of methoxy groups -OCH3 is 6. The monoisotopic (exact) mass is 1600 g/mol. The van der Waals surface area contributed by atoms with Gasteiger partial charge in [-0.2, -0.15) is 0 Å². The van der Waals surface area contributed by atoms with Crippen molar-refractivity contribution in [1.82, 2.24) is 69.6 Å². The zero-order chi connectivity index (χ0) is 69.6. The molecule has 492 valence electrons. The van der Waals surface area contributed by atoms with Gasteiger partial charge in [-0.3, -0.25) is 19.2 Å². The van der Waals surface area contributed by atoms with Crippen LogP contribution in [0, 0.1) is 0 Å². The fourth-order valence-electron chi connectivity index (χ4n) is 7.05. The first-order chi connectivity index (χ1) is 44.7. The maximum absolute atomic E-state index is 12.1. The highest BCUT2D eigenvalue weighted by Crippen LogP contribution is 2.32. The predicted molar refractivity (Wildman–Crippen MR) is 374 cm³/mol. The topological polar surface area (TPSA) is 363 Å². The number of carbonyl (C=O) groups is 4. The Balaban J connectivity index is 0.000000244. The molecule has 0 bridgehead atoms. The van der Waals surface area contributed by atoms with Gasteiger partial charge in [0.15, 0.2) is 23.1 Å². The lowest BCUT2D eigenvalue weighted by Gasteiger charge is -2.09. The lowest BCUT2D eigenvalue weighted by molar-refractivity contribution is 0.100. The van der Waals surface area contributed by atoms with Crippen molar-refractivity contribution in [2.24, 2.45) is 0 Å². The SMILES string of the molecule is COc1ncc(Br)cc1-c1ccnc(N)n1.COc1ncc(Br)cc1Br.COc1ncc(Br)cc1C(=O)/C=C/N(C)C.COc1ncc(Br)cc1C(C)=O.COc1ncc(C(=O)/C=C/N(C)C)cc1-c1ccnc(N)n1.COc1ncc(C(C)=O)cc1-c1ccnc(N)n1. The summed E-state index contributed by atoms with van der Waals surface area (Å²) in [6.07, 6.45) is 20.4. The number of anilines is 3. The molecule has 6 N–H and O–H groups in total. The van der Waals surface area contributed by atoms with Gasteiger partial charge in [0.25, 0.3) is 0 Å². The van der Waals surface area contributed by atoms with Gasteiger partial charge in [0, 0.05) is 138 Å². The highest BCUT2D eigenvalue weighted by atomic mass is 79.9. The van der Waals surface area contributed by atoms with Crippen molar-refractivity contribution in [2.75, 3.05) is 88.1 Å². The van der Waals surface area contributed by atoms with Crippen molar-refractivity contribution in [2.45, 2.75) is 13.8 Å². The molecule has 9 aromatic heterocycles. The Bertz CT molecular complexity index is 4120. The number of nitrogens with two attached hydrogens (primary N) is 3. The molecule has 9 aromatic rings. The van der Waals surface area contributed by atoms with Crippen LogP contribution < -0.4 is 45.6 Å². The van der Waals surface area contributed by atoms with Gasteiger partial charge in [-0.15, -0.1) is 0 Å². The van der Waals surface area contributed by atoms with E-state index in [9.17, 15) is 19.2 Å². The Labute approximate surface area is 584 Å². The minimum Gasteiger partial charge on any atom is -0.481 e. The fraction of sp³-hybridized carbons (Fsp3) is 0.194. The van der Waals surface area contributed by atoms with E-state index in [2.05, 4.69) is 139 Å². The first-order valence-electron chi connectivity index (χ1n) is 26.8. The number of carbonyl (C=O) groups excluding carboxylic acids is 4. The first kappa shape index (κ1) is 77.0. The summed E-state index contributed by atoms with van der Waals surface area (Å²) in [4.78, 5) is 98.1. The highest BCUT2D eigenvalue weighted by Gasteiger charge is 2.17. The normalized spacial score (nSPS) is 10.2. The van der Waals surface area contributed by atoms with Crippen molar-refractivity contribution >= 4 is 121 Å². The van der Waals surface area contributed by atoms with E-state index in [1.807, 2.05) is 40.3 Å². The number of allylic oxidation sites excluding steroid dienone is 2. The molecule has 0 saturated heterocycles. The number of pyridine rings is 6. The molecule has 9 heterocycles. The van der Waals surface area contributed by atoms with Crippen LogP contribution in [0.25, 0.3) is 33.8 Å². The van der Waals surface area contributed by atoms with Crippen LogP contribution in [-0.4, -0.2) is 164 Å². The smallest absolute Gasteiger partial charge is 0.227 e. The number of rotatable bonds is 17.